The second-order valence-corrected chi connectivity index (χ2v) is 6.89. The lowest BCUT2D eigenvalue weighted by Crippen LogP contribution is -2.28. The summed E-state index contributed by atoms with van der Waals surface area (Å²) in [5.74, 6) is 0.801. The summed E-state index contributed by atoms with van der Waals surface area (Å²) in [6, 6.07) is 0.293. The Morgan fingerprint density at radius 1 is 1.28 bits per heavy atom. The number of nitrogens with zero attached hydrogens (tertiary/aromatic N) is 9. The molecular formula is C18H22N10O4. The van der Waals surface area contributed by atoms with Crippen LogP contribution in [0.4, 0.5) is 5.69 Å². The van der Waals surface area contributed by atoms with Gasteiger partial charge in [0.25, 0.3) is 12.4 Å². The molecule has 14 heteroatoms. The lowest BCUT2D eigenvalue weighted by atomic mass is 10.1. The Hall–Kier alpha value is -3.94. The average molecular weight is 442 g/mol. The Kier molecular flexibility index (Phi) is 6.60. The maximum absolute atomic E-state index is 8.36. The zero-order chi connectivity index (χ0) is 22.3. The van der Waals surface area contributed by atoms with E-state index in [0.717, 1.165) is 54.9 Å². The van der Waals surface area contributed by atoms with Crippen molar-refractivity contribution in [3.63, 3.8) is 0 Å². The van der Waals surface area contributed by atoms with Crippen LogP contribution in [0.5, 0.6) is 0 Å². The Balaban J connectivity index is 0.000000775. The highest BCUT2D eigenvalue weighted by atomic mass is 16.5. The van der Waals surface area contributed by atoms with Crippen LogP contribution in [0, 0.1) is 0 Å². The third kappa shape index (κ3) is 4.54. The molecule has 0 unspecified atom stereocenters. The van der Waals surface area contributed by atoms with Crippen LogP contribution in [-0.2, 0) is 22.6 Å². The van der Waals surface area contributed by atoms with Crippen molar-refractivity contribution in [2.45, 2.75) is 38.9 Å². The second kappa shape index (κ2) is 9.91. The minimum Gasteiger partial charge on any atom is -0.483 e. The van der Waals surface area contributed by atoms with Gasteiger partial charge >= 0.3 is 0 Å². The van der Waals surface area contributed by atoms with Crippen LogP contribution in [0.15, 0.2) is 23.1 Å². The minimum atomic E-state index is -0.250. The third-order valence-electron chi connectivity index (χ3n) is 4.92. The Bertz CT molecular complexity index is 1150. The lowest BCUT2D eigenvalue weighted by molar-refractivity contribution is -0.122. The van der Waals surface area contributed by atoms with Gasteiger partial charge in [-0.25, -0.2) is 14.3 Å². The van der Waals surface area contributed by atoms with Crippen LogP contribution in [-0.4, -0.2) is 76.0 Å². The van der Waals surface area contributed by atoms with Crippen LogP contribution in [0.1, 0.15) is 25.7 Å². The van der Waals surface area contributed by atoms with Crippen molar-refractivity contribution in [1.82, 2.24) is 45.2 Å². The molecule has 5 heterocycles. The molecule has 1 fully saturated rings. The first kappa shape index (κ1) is 21.3. The summed E-state index contributed by atoms with van der Waals surface area (Å²) in [7, 11) is 0. The number of fused-ring (bicyclic) bond motifs is 1. The van der Waals surface area contributed by atoms with Crippen LogP contribution >= 0.6 is 0 Å². The van der Waals surface area contributed by atoms with E-state index >= 15 is 0 Å². The van der Waals surface area contributed by atoms with Gasteiger partial charge in [-0.2, -0.15) is 5.10 Å². The number of aromatic nitrogens is 9. The predicted molar refractivity (Wildman–Crippen MR) is 110 cm³/mol. The fourth-order valence-corrected chi connectivity index (χ4v) is 3.44. The fraction of sp³-hybridized carbons (Fsp3) is 0.444. The zero-order valence-electron chi connectivity index (χ0n) is 17.3. The first-order valence-corrected chi connectivity index (χ1v) is 10.0. The van der Waals surface area contributed by atoms with Gasteiger partial charge in [0, 0.05) is 32.0 Å². The van der Waals surface area contributed by atoms with Crippen molar-refractivity contribution < 1.29 is 19.1 Å². The molecule has 1 aliphatic rings. The molecule has 2 N–H and O–H groups in total. The molecule has 0 spiro atoms. The lowest BCUT2D eigenvalue weighted by Gasteiger charge is -2.25. The standard InChI is InChI=1S/C17H20N10O2.CH2O2/c1-2-27-16-12(8-20-27)15(21-11-3-5-28-6-4-11)13(7-18-16)17-23-22-14(29-17)9-26-10-19-24-25-26;2-1-3/h7-8,10-11H,2-6,9H2,1H3,(H,18,21);1H,(H,2,3). The molecule has 168 valence electrons. The van der Waals surface area contributed by atoms with E-state index in [9.17, 15) is 0 Å². The van der Waals surface area contributed by atoms with Gasteiger partial charge in [0.05, 0.1) is 22.8 Å². The molecule has 0 aromatic carbocycles. The monoisotopic (exact) mass is 442 g/mol. The molecule has 4 aromatic rings. The Morgan fingerprint density at radius 2 is 2.09 bits per heavy atom. The van der Waals surface area contributed by atoms with E-state index in [1.165, 1.54) is 11.0 Å². The number of tetrazole rings is 1. The zero-order valence-corrected chi connectivity index (χ0v) is 17.3. The van der Waals surface area contributed by atoms with Gasteiger partial charge in [0.2, 0.25) is 5.89 Å². The Labute approximate surface area is 181 Å². The van der Waals surface area contributed by atoms with E-state index in [2.05, 4.69) is 41.1 Å². The summed E-state index contributed by atoms with van der Waals surface area (Å²) < 4.78 is 14.8. The topological polar surface area (TPSA) is 172 Å². The molecule has 0 atom stereocenters. The quantitative estimate of drug-likeness (QED) is 0.403. The van der Waals surface area contributed by atoms with E-state index in [0.29, 0.717) is 24.4 Å². The summed E-state index contributed by atoms with van der Waals surface area (Å²) in [5, 5.41) is 35.3. The van der Waals surface area contributed by atoms with Gasteiger partial charge in [-0.1, -0.05) is 0 Å². The molecule has 0 aliphatic carbocycles. The minimum absolute atomic E-state index is 0.250. The van der Waals surface area contributed by atoms with Crippen molar-refractivity contribution >= 4 is 23.2 Å². The van der Waals surface area contributed by atoms with Gasteiger partial charge in [0.15, 0.2) is 5.65 Å². The number of anilines is 1. The molecule has 4 aromatic heterocycles. The molecule has 1 aliphatic heterocycles. The molecule has 14 nitrogen and oxygen atoms in total. The number of carboxylic acid groups (broad SMARTS) is 1. The Morgan fingerprint density at radius 3 is 2.81 bits per heavy atom. The molecule has 32 heavy (non-hydrogen) atoms. The highest BCUT2D eigenvalue weighted by Crippen LogP contribution is 2.34. The van der Waals surface area contributed by atoms with Crippen molar-refractivity contribution in [3.05, 3.63) is 24.6 Å². The van der Waals surface area contributed by atoms with Gasteiger partial charge in [-0.15, -0.1) is 15.3 Å². The van der Waals surface area contributed by atoms with E-state index in [1.807, 2.05) is 17.8 Å². The van der Waals surface area contributed by atoms with E-state index < -0.39 is 0 Å². The number of hydrogen-bond acceptors (Lipinski definition) is 11. The number of carbonyl (C=O) groups is 1. The first-order chi connectivity index (χ1) is 15.7. The average Bonchev–Trinajstić information content (AvgIpc) is 3.57. The highest BCUT2D eigenvalue weighted by molar-refractivity contribution is 5.96. The van der Waals surface area contributed by atoms with Crippen LogP contribution in [0.2, 0.25) is 0 Å². The number of ether oxygens (including phenoxy) is 1. The van der Waals surface area contributed by atoms with Crippen molar-refractivity contribution in [1.29, 1.82) is 0 Å². The SMILES string of the molecule is CCn1ncc2c(NC3CCOCC3)c(-c3nnc(Cn4cnnn4)o3)cnc21.O=CO. The first-order valence-electron chi connectivity index (χ1n) is 10.0. The molecule has 1 saturated heterocycles. The van der Waals surface area contributed by atoms with E-state index in [-0.39, 0.29) is 6.47 Å². The van der Waals surface area contributed by atoms with Gasteiger partial charge < -0.3 is 19.6 Å². The number of rotatable bonds is 6. The largest absolute Gasteiger partial charge is 0.483 e. The number of nitrogens with one attached hydrogen (secondary N) is 1. The van der Waals surface area contributed by atoms with Crippen LogP contribution in [0.25, 0.3) is 22.5 Å². The summed E-state index contributed by atoms with van der Waals surface area (Å²) in [5.41, 5.74) is 2.47. The van der Waals surface area contributed by atoms with Crippen LogP contribution < -0.4 is 5.32 Å². The van der Waals surface area contributed by atoms with Gasteiger partial charge in [-0.05, 0) is 30.2 Å². The molecule has 0 radical (unpaired) electrons. The maximum atomic E-state index is 8.36. The van der Waals surface area contributed by atoms with E-state index in [4.69, 9.17) is 19.1 Å². The molecule has 0 bridgehead atoms. The highest BCUT2D eigenvalue weighted by Gasteiger charge is 2.22. The summed E-state index contributed by atoms with van der Waals surface area (Å²) >= 11 is 0. The molecule has 5 rings (SSSR count). The third-order valence-corrected chi connectivity index (χ3v) is 4.92. The number of aryl methyl sites for hydroxylation is 1. The fourth-order valence-electron chi connectivity index (χ4n) is 3.44. The molecule has 0 amide bonds. The van der Waals surface area contributed by atoms with Gasteiger partial charge in [0.1, 0.15) is 12.9 Å². The summed E-state index contributed by atoms with van der Waals surface area (Å²) in [6.07, 6.45) is 6.94. The smallest absolute Gasteiger partial charge is 0.290 e. The van der Waals surface area contributed by atoms with Gasteiger partial charge in [-0.3, -0.25) is 4.79 Å². The second-order valence-electron chi connectivity index (χ2n) is 6.89. The summed E-state index contributed by atoms with van der Waals surface area (Å²) in [4.78, 5) is 13.0. The number of pyridine rings is 1. The van der Waals surface area contributed by atoms with Crippen molar-refractivity contribution in [2.75, 3.05) is 18.5 Å². The van der Waals surface area contributed by atoms with E-state index in [1.54, 1.807) is 6.20 Å². The normalized spacial score (nSPS) is 14.2. The number of hydrogen-bond donors (Lipinski definition) is 2. The summed E-state index contributed by atoms with van der Waals surface area (Å²) in [6.45, 7) is 4.31. The maximum Gasteiger partial charge on any atom is 0.290 e. The van der Waals surface area contributed by atoms with Crippen molar-refractivity contribution in [2.24, 2.45) is 0 Å². The predicted octanol–water partition coefficient (Wildman–Crippen LogP) is 0.828. The van der Waals surface area contributed by atoms with Crippen LogP contribution in [0.3, 0.4) is 0 Å². The molecular weight excluding hydrogens is 420 g/mol. The van der Waals surface area contributed by atoms with Crippen molar-refractivity contribution in [3.8, 4) is 11.5 Å². The molecule has 0 saturated carbocycles.